The summed E-state index contributed by atoms with van der Waals surface area (Å²) in [7, 11) is -1.67. The van der Waals surface area contributed by atoms with Crippen LogP contribution in [0.2, 0.25) is 0 Å². The molecule has 0 bridgehead atoms. The van der Waals surface area contributed by atoms with Crippen molar-refractivity contribution in [3.63, 3.8) is 0 Å². The van der Waals surface area contributed by atoms with Gasteiger partial charge in [0.2, 0.25) is 10.0 Å². The smallest absolute Gasteiger partial charge is 0.265 e. The van der Waals surface area contributed by atoms with Gasteiger partial charge in [-0.05, 0) is 25.0 Å². The Balaban J connectivity index is 1.67. The maximum atomic E-state index is 13.9. The second-order valence-electron chi connectivity index (χ2n) is 6.31. The van der Waals surface area contributed by atoms with Gasteiger partial charge in [0, 0.05) is 31.7 Å². The highest BCUT2D eigenvalue weighted by atomic mass is 32.2. The van der Waals surface area contributed by atoms with E-state index in [0.717, 1.165) is 11.3 Å². The second kappa shape index (κ2) is 7.42. The van der Waals surface area contributed by atoms with Crippen molar-refractivity contribution in [3.05, 3.63) is 41.2 Å². The number of sulfonamides is 1. The number of aromatic nitrogens is 1. The molecule has 0 atom stereocenters. The van der Waals surface area contributed by atoms with Crippen LogP contribution in [-0.4, -0.2) is 60.9 Å². The van der Waals surface area contributed by atoms with E-state index in [1.54, 1.807) is 30.1 Å². The summed E-state index contributed by atoms with van der Waals surface area (Å²) in [5.74, 6) is -0.518. The van der Waals surface area contributed by atoms with Crippen LogP contribution in [0.25, 0.3) is 10.6 Å². The zero-order valence-electron chi connectivity index (χ0n) is 14.6. The number of thiazole rings is 1. The third-order valence-corrected chi connectivity index (χ3v) is 6.97. The van der Waals surface area contributed by atoms with E-state index < -0.39 is 10.0 Å². The van der Waals surface area contributed by atoms with Gasteiger partial charge < -0.3 is 4.90 Å². The molecule has 1 aromatic heterocycles. The molecule has 3 rings (SSSR count). The first-order chi connectivity index (χ1) is 12.3. The Labute approximate surface area is 156 Å². The fourth-order valence-corrected chi connectivity index (χ4v) is 4.65. The lowest BCUT2D eigenvalue weighted by atomic mass is 10.1. The molecule has 2 heterocycles. The molecular formula is C17H20FN3O3S2. The third kappa shape index (κ3) is 3.94. The molecule has 2 aromatic rings. The quantitative estimate of drug-likeness (QED) is 0.795. The summed E-state index contributed by atoms with van der Waals surface area (Å²) in [6, 6.07) is 6.24. The molecule has 26 heavy (non-hydrogen) atoms. The van der Waals surface area contributed by atoms with Crippen LogP contribution >= 0.6 is 11.3 Å². The van der Waals surface area contributed by atoms with Crippen molar-refractivity contribution in [2.75, 3.05) is 26.4 Å². The molecule has 140 valence electrons. The highest BCUT2D eigenvalue weighted by molar-refractivity contribution is 7.88. The molecule has 0 aliphatic carbocycles. The van der Waals surface area contributed by atoms with E-state index in [4.69, 9.17) is 0 Å². The summed E-state index contributed by atoms with van der Waals surface area (Å²) < 4.78 is 38.5. The summed E-state index contributed by atoms with van der Waals surface area (Å²) in [4.78, 5) is 19.0. The van der Waals surface area contributed by atoms with Gasteiger partial charge in [0.25, 0.3) is 5.91 Å². The molecule has 0 N–H and O–H groups in total. The molecule has 0 unspecified atom stereocenters. The van der Waals surface area contributed by atoms with E-state index in [-0.39, 0.29) is 17.8 Å². The average Bonchev–Trinajstić information content (AvgIpc) is 3.10. The monoisotopic (exact) mass is 397 g/mol. The molecule has 6 nitrogen and oxygen atoms in total. The van der Waals surface area contributed by atoms with Crippen LogP contribution < -0.4 is 0 Å². The van der Waals surface area contributed by atoms with Crippen LogP contribution in [0.5, 0.6) is 0 Å². The minimum atomic E-state index is -3.24. The number of amides is 1. The van der Waals surface area contributed by atoms with Crippen LogP contribution in [0.15, 0.2) is 30.5 Å². The van der Waals surface area contributed by atoms with Gasteiger partial charge in [-0.2, -0.15) is 0 Å². The van der Waals surface area contributed by atoms with Gasteiger partial charge in [0.1, 0.15) is 15.7 Å². The molecule has 0 radical (unpaired) electrons. The van der Waals surface area contributed by atoms with E-state index >= 15 is 0 Å². The molecule has 1 aromatic carbocycles. The van der Waals surface area contributed by atoms with Gasteiger partial charge in [0.15, 0.2) is 0 Å². The minimum Gasteiger partial charge on any atom is -0.338 e. The average molecular weight is 397 g/mol. The lowest BCUT2D eigenvalue weighted by Gasteiger charge is -2.35. The van der Waals surface area contributed by atoms with E-state index in [1.807, 2.05) is 0 Å². The van der Waals surface area contributed by atoms with Crippen LogP contribution in [0.4, 0.5) is 4.39 Å². The van der Waals surface area contributed by atoms with Crippen molar-refractivity contribution in [2.24, 2.45) is 0 Å². The highest BCUT2D eigenvalue weighted by Gasteiger charge is 2.30. The molecule has 0 spiro atoms. The van der Waals surface area contributed by atoms with Gasteiger partial charge >= 0.3 is 0 Å². The summed E-state index contributed by atoms with van der Waals surface area (Å²) >= 11 is 1.16. The van der Waals surface area contributed by atoms with Crippen LogP contribution in [-0.2, 0) is 10.0 Å². The standard InChI is InChI=1S/C17H20FN3O3S2/c1-20(26(2,23)24)12-7-9-21(10-8-12)17(22)15-11-19-16(25-15)13-5-3-4-6-14(13)18/h3-6,11-12H,7-10H2,1-2H3. The van der Waals surface area contributed by atoms with Crippen LogP contribution in [0, 0.1) is 5.82 Å². The van der Waals surface area contributed by atoms with Crippen LogP contribution in [0.3, 0.4) is 0 Å². The molecule has 1 aliphatic rings. The second-order valence-corrected chi connectivity index (χ2v) is 9.38. The fraction of sp³-hybridized carbons (Fsp3) is 0.412. The Morgan fingerprint density at radius 2 is 1.96 bits per heavy atom. The van der Waals surface area contributed by atoms with Crippen LogP contribution in [0.1, 0.15) is 22.5 Å². The Morgan fingerprint density at radius 1 is 1.31 bits per heavy atom. The number of rotatable bonds is 4. The molecule has 1 fully saturated rings. The van der Waals surface area contributed by atoms with Gasteiger partial charge in [0.05, 0.1) is 12.5 Å². The number of piperidine rings is 1. The number of nitrogens with zero attached hydrogens (tertiary/aromatic N) is 3. The maximum Gasteiger partial charge on any atom is 0.265 e. The topological polar surface area (TPSA) is 70.6 Å². The Kier molecular flexibility index (Phi) is 5.40. The Hall–Kier alpha value is -1.84. The van der Waals surface area contributed by atoms with E-state index in [9.17, 15) is 17.6 Å². The van der Waals surface area contributed by atoms with Crippen molar-refractivity contribution in [1.29, 1.82) is 0 Å². The zero-order chi connectivity index (χ0) is 18.9. The number of carbonyl (C=O) groups excluding carboxylic acids is 1. The first kappa shape index (κ1) is 18.9. The normalized spacial score (nSPS) is 16.2. The molecule has 9 heteroatoms. The molecule has 1 aliphatic heterocycles. The van der Waals surface area contributed by atoms with Gasteiger partial charge in [-0.1, -0.05) is 12.1 Å². The summed E-state index contributed by atoms with van der Waals surface area (Å²) in [5, 5.41) is 0.471. The molecule has 1 amide bonds. The minimum absolute atomic E-state index is 0.0931. The van der Waals surface area contributed by atoms with Gasteiger partial charge in [-0.25, -0.2) is 22.1 Å². The number of benzene rings is 1. The molecule has 0 saturated carbocycles. The van der Waals surface area contributed by atoms with Crippen molar-refractivity contribution >= 4 is 27.3 Å². The highest BCUT2D eigenvalue weighted by Crippen LogP contribution is 2.28. The number of carbonyl (C=O) groups is 1. The first-order valence-electron chi connectivity index (χ1n) is 8.20. The van der Waals surface area contributed by atoms with E-state index in [1.165, 1.54) is 22.8 Å². The molecule has 1 saturated heterocycles. The maximum absolute atomic E-state index is 13.9. The Morgan fingerprint density at radius 3 is 2.58 bits per heavy atom. The fourth-order valence-electron chi connectivity index (χ4n) is 2.99. The zero-order valence-corrected chi connectivity index (χ0v) is 16.2. The van der Waals surface area contributed by atoms with Gasteiger partial charge in [-0.15, -0.1) is 11.3 Å². The predicted octanol–water partition coefficient (Wildman–Crippen LogP) is 2.45. The number of halogens is 1. The first-order valence-corrected chi connectivity index (χ1v) is 10.9. The lowest BCUT2D eigenvalue weighted by molar-refractivity contribution is 0.0691. The van der Waals surface area contributed by atoms with Crippen molar-refractivity contribution in [2.45, 2.75) is 18.9 Å². The summed E-state index contributed by atoms with van der Waals surface area (Å²) in [5.41, 5.74) is 0.380. The van der Waals surface area contributed by atoms with Gasteiger partial charge in [-0.3, -0.25) is 4.79 Å². The Bertz CT molecular complexity index is 905. The summed E-state index contributed by atoms with van der Waals surface area (Å²) in [6.07, 6.45) is 3.85. The molecular weight excluding hydrogens is 377 g/mol. The number of hydrogen-bond acceptors (Lipinski definition) is 5. The van der Waals surface area contributed by atoms with Crippen molar-refractivity contribution in [1.82, 2.24) is 14.2 Å². The predicted molar refractivity (Wildman–Crippen MR) is 99.0 cm³/mol. The van der Waals surface area contributed by atoms with E-state index in [2.05, 4.69) is 4.98 Å². The number of hydrogen-bond donors (Lipinski definition) is 0. The SMILES string of the molecule is CN(C1CCN(C(=O)c2cnc(-c3ccccc3F)s2)CC1)S(C)(=O)=O. The largest absolute Gasteiger partial charge is 0.338 e. The van der Waals surface area contributed by atoms with E-state index in [0.29, 0.717) is 41.4 Å². The van der Waals surface area contributed by atoms with Crippen molar-refractivity contribution < 1.29 is 17.6 Å². The lowest BCUT2D eigenvalue weighted by Crippen LogP contribution is -2.46. The third-order valence-electron chi connectivity index (χ3n) is 4.61. The number of likely N-dealkylation sites (tertiary alicyclic amines) is 1. The summed E-state index contributed by atoms with van der Waals surface area (Å²) in [6.45, 7) is 0.965. The van der Waals surface area contributed by atoms with Crippen molar-refractivity contribution in [3.8, 4) is 10.6 Å².